The van der Waals surface area contributed by atoms with Crippen molar-refractivity contribution in [1.29, 1.82) is 0 Å². The summed E-state index contributed by atoms with van der Waals surface area (Å²) < 4.78 is 2.12. The zero-order valence-corrected chi connectivity index (χ0v) is 15.4. The Labute approximate surface area is 162 Å². The quantitative estimate of drug-likeness (QED) is 0.576. The molecule has 138 valence electrons. The molecule has 1 saturated carbocycles. The SMILES string of the molecule is NC(=O)c1cccc2c(C3CC3)cn(Cc3ccc(-c4ccncc4)cn3)c12. The number of benzene rings is 1. The molecule has 1 aliphatic carbocycles. The van der Waals surface area contributed by atoms with Gasteiger partial charge in [0.05, 0.1) is 23.3 Å². The predicted octanol–water partition coefficient (Wildman–Crippen LogP) is 4.12. The van der Waals surface area contributed by atoms with Crippen molar-refractivity contribution in [2.75, 3.05) is 0 Å². The zero-order valence-electron chi connectivity index (χ0n) is 15.4. The van der Waals surface area contributed by atoms with Gasteiger partial charge in [0.15, 0.2) is 0 Å². The first-order valence-corrected chi connectivity index (χ1v) is 9.47. The fourth-order valence-electron chi connectivity index (χ4n) is 3.84. The maximum atomic E-state index is 12.0. The second kappa shape index (κ2) is 6.60. The van der Waals surface area contributed by atoms with Crippen molar-refractivity contribution in [2.24, 2.45) is 5.73 Å². The number of hydrogen-bond donors (Lipinski definition) is 1. The Morgan fingerprint density at radius 1 is 1.07 bits per heavy atom. The standard InChI is InChI=1S/C23H20N4O/c24-23(28)20-3-1-2-19-21(16-4-5-16)14-27(22(19)20)13-18-7-6-17(12-26-18)15-8-10-25-11-9-15/h1-3,6-12,14,16H,4-5,13H2,(H2,24,28). The molecule has 28 heavy (non-hydrogen) atoms. The molecule has 5 heteroatoms. The molecule has 1 aromatic carbocycles. The van der Waals surface area contributed by atoms with Crippen LogP contribution in [0.25, 0.3) is 22.0 Å². The summed E-state index contributed by atoms with van der Waals surface area (Å²) in [5.41, 5.74) is 11.5. The zero-order chi connectivity index (χ0) is 19.1. The molecule has 0 radical (unpaired) electrons. The summed E-state index contributed by atoms with van der Waals surface area (Å²) in [6, 6.07) is 13.9. The Kier molecular flexibility index (Phi) is 3.93. The third-order valence-electron chi connectivity index (χ3n) is 5.38. The summed E-state index contributed by atoms with van der Waals surface area (Å²) in [7, 11) is 0. The lowest BCUT2D eigenvalue weighted by atomic mass is 10.1. The third-order valence-corrected chi connectivity index (χ3v) is 5.38. The van der Waals surface area contributed by atoms with Gasteiger partial charge in [0, 0.05) is 35.7 Å². The van der Waals surface area contributed by atoms with Crippen LogP contribution < -0.4 is 5.73 Å². The second-order valence-electron chi connectivity index (χ2n) is 7.33. The second-order valence-corrected chi connectivity index (χ2v) is 7.33. The lowest BCUT2D eigenvalue weighted by molar-refractivity contribution is 0.100. The number of primary amides is 1. The van der Waals surface area contributed by atoms with Crippen LogP contribution in [0.3, 0.4) is 0 Å². The van der Waals surface area contributed by atoms with Crippen LogP contribution in [0, 0.1) is 0 Å². The van der Waals surface area contributed by atoms with E-state index in [9.17, 15) is 4.79 Å². The Hall–Kier alpha value is -3.47. The van der Waals surface area contributed by atoms with Gasteiger partial charge in [0.25, 0.3) is 5.91 Å². The van der Waals surface area contributed by atoms with Crippen molar-refractivity contribution in [1.82, 2.24) is 14.5 Å². The molecule has 0 bridgehead atoms. The lowest BCUT2D eigenvalue weighted by Crippen LogP contribution is -2.13. The van der Waals surface area contributed by atoms with E-state index in [1.165, 1.54) is 18.4 Å². The van der Waals surface area contributed by atoms with E-state index in [-0.39, 0.29) is 0 Å². The number of rotatable bonds is 5. The molecular formula is C23H20N4O. The van der Waals surface area contributed by atoms with Crippen molar-refractivity contribution in [3.63, 3.8) is 0 Å². The van der Waals surface area contributed by atoms with E-state index in [1.807, 2.05) is 30.5 Å². The molecule has 0 unspecified atom stereocenters. The first-order chi connectivity index (χ1) is 13.7. The minimum atomic E-state index is -0.395. The summed E-state index contributed by atoms with van der Waals surface area (Å²) in [5, 5.41) is 1.13. The number of hydrogen-bond acceptors (Lipinski definition) is 3. The maximum absolute atomic E-state index is 12.0. The van der Waals surface area contributed by atoms with Crippen LogP contribution in [0.4, 0.5) is 0 Å². The van der Waals surface area contributed by atoms with Gasteiger partial charge in [-0.05, 0) is 54.2 Å². The highest BCUT2D eigenvalue weighted by molar-refractivity contribution is 6.06. The average Bonchev–Trinajstić information content (AvgIpc) is 3.51. The highest BCUT2D eigenvalue weighted by atomic mass is 16.1. The first-order valence-electron chi connectivity index (χ1n) is 9.47. The number of fused-ring (bicyclic) bond motifs is 1. The van der Waals surface area contributed by atoms with E-state index < -0.39 is 5.91 Å². The van der Waals surface area contributed by atoms with E-state index in [4.69, 9.17) is 5.73 Å². The minimum absolute atomic E-state index is 0.395. The van der Waals surface area contributed by atoms with E-state index in [2.05, 4.69) is 32.9 Å². The van der Waals surface area contributed by atoms with E-state index in [0.29, 0.717) is 18.0 Å². The Bertz CT molecular complexity index is 1160. The van der Waals surface area contributed by atoms with E-state index in [1.54, 1.807) is 18.5 Å². The number of carbonyl (C=O) groups excluding carboxylic acids is 1. The third kappa shape index (κ3) is 2.95. The van der Waals surface area contributed by atoms with Gasteiger partial charge in [-0.2, -0.15) is 0 Å². The summed E-state index contributed by atoms with van der Waals surface area (Å²) in [4.78, 5) is 20.7. The minimum Gasteiger partial charge on any atom is -0.366 e. The Morgan fingerprint density at radius 3 is 2.57 bits per heavy atom. The molecule has 1 fully saturated rings. The van der Waals surface area contributed by atoms with Crippen molar-refractivity contribution in [2.45, 2.75) is 25.3 Å². The van der Waals surface area contributed by atoms with Crippen LogP contribution in [0.15, 0.2) is 67.3 Å². The van der Waals surface area contributed by atoms with Crippen LogP contribution in [-0.4, -0.2) is 20.4 Å². The molecule has 3 aromatic heterocycles. The van der Waals surface area contributed by atoms with Crippen molar-refractivity contribution < 1.29 is 4.79 Å². The summed E-state index contributed by atoms with van der Waals surface area (Å²) in [6.45, 7) is 0.601. The number of aromatic nitrogens is 3. The van der Waals surface area contributed by atoms with Gasteiger partial charge in [0.1, 0.15) is 0 Å². The van der Waals surface area contributed by atoms with Crippen LogP contribution >= 0.6 is 0 Å². The summed E-state index contributed by atoms with van der Waals surface area (Å²) in [5.74, 6) is 0.196. The normalized spacial score (nSPS) is 13.7. The van der Waals surface area contributed by atoms with E-state index >= 15 is 0 Å². The average molecular weight is 368 g/mol. The first kappa shape index (κ1) is 16.7. The highest BCUT2D eigenvalue weighted by Crippen LogP contribution is 2.44. The molecule has 2 N–H and O–H groups in total. The lowest BCUT2D eigenvalue weighted by Gasteiger charge is -2.08. The molecule has 5 nitrogen and oxygen atoms in total. The molecule has 0 spiro atoms. The smallest absolute Gasteiger partial charge is 0.250 e. The number of nitrogens with zero attached hydrogens (tertiary/aromatic N) is 3. The van der Waals surface area contributed by atoms with E-state index in [0.717, 1.165) is 27.7 Å². The Morgan fingerprint density at radius 2 is 1.89 bits per heavy atom. The molecule has 1 aliphatic rings. The summed E-state index contributed by atoms with van der Waals surface area (Å²) in [6.07, 6.45) is 10.0. The number of carbonyl (C=O) groups is 1. The monoisotopic (exact) mass is 368 g/mol. The van der Waals surface area contributed by atoms with Crippen LogP contribution in [-0.2, 0) is 6.54 Å². The Balaban J connectivity index is 1.54. The van der Waals surface area contributed by atoms with Crippen molar-refractivity contribution in [3.05, 3.63) is 84.1 Å². The maximum Gasteiger partial charge on any atom is 0.250 e. The van der Waals surface area contributed by atoms with Gasteiger partial charge in [-0.25, -0.2) is 0 Å². The summed E-state index contributed by atoms with van der Waals surface area (Å²) >= 11 is 0. The fraction of sp³-hybridized carbons (Fsp3) is 0.174. The number of para-hydroxylation sites is 1. The number of amides is 1. The number of pyridine rings is 2. The highest BCUT2D eigenvalue weighted by Gasteiger charge is 2.28. The number of nitrogens with two attached hydrogens (primary N) is 1. The van der Waals surface area contributed by atoms with Gasteiger partial charge < -0.3 is 10.3 Å². The van der Waals surface area contributed by atoms with Crippen LogP contribution in [0.5, 0.6) is 0 Å². The largest absolute Gasteiger partial charge is 0.366 e. The van der Waals surface area contributed by atoms with Crippen LogP contribution in [0.2, 0.25) is 0 Å². The van der Waals surface area contributed by atoms with Crippen molar-refractivity contribution in [3.8, 4) is 11.1 Å². The molecular weight excluding hydrogens is 348 g/mol. The van der Waals surface area contributed by atoms with Crippen molar-refractivity contribution >= 4 is 16.8 Å². The topological polar surface area (TPSA) is 73.8 Å². The van der Waals surface area contributed by atoms with Gasteiger partial charge in [-0.1, -0.05) is 18.2 Å². The molecule has 0 aliphatic heterocycles. The molecule has 0 saturated heterocycles. The molecule has 5 rings (SSSR count). The molecule has 3 heterocycles. The van der Waals surface area contributed by atoms with Gasteiger partial charge >= 0.3 is 0 Å². The molecule has 4 aromatic rings. The van der Waals surface area contributed by atoms with Gasteiger partial charge in [0.2, 0.25) is 0 Å². The fourth-order valence-corrected chi connectivity index (χ4v) is 3.84. The van der Waals surface area contributed by atoms with Crippen LogP contribution in [0.1, 0.15) is 40.4 Å². The van der Waals surface area contributed by atoms with Gasteiger partial charge in [-0.15, -0.1) is 0 Å². The van der Waals surface area contributed by atoms with Gasteiger partial charge in [-0.3, -0.25) is 14.8 Å². The predicted molar refractivity (Wildman–Crippen MR) is 109 cm³/mol. The molecule has 1 amide bonds. The molecule has 0 atom stereocenters.